The Labute approximate surface area is 163 Å². The summed E-state index contributed by atoms with van der Waals surface area (Å²) in [5, 5.41) is 20.9. The summed E-state index contributed by atoms with van der Waals surface area (Å²) in [6.07, 6.45) is -0.0976. The molecule has 8 heteroatoms. The summed E-state index contributed by atoms with van der Waals surface area (Å²) in [4.78, 5) is 26.5. The van der Waals surface area contributed by atoms with Crippen LogP contribution in [0.4, 0.5) is 11.4 Å². The lowest BCUT2D eigenvalue weighted by atomic mass is 10.0. The molecule has 0 aromatic heterocycles. The fourth-order valence-electron chi connectivity index (χ4n) is 3.61. The number of benzene rings is 2. The molecule has 1 unspecified atom stereocenters. The molecule has 0 amide bonds. The van der Waals surface area contributed by atoms with Crippen LogP contribution in [0.5, 0.6) is 5.75 Å². The molecule has 1 atom stereocenters. The molecule has 2 aromatic carbocycles. The van der Waals surface area contributed by atoms with Crippen molar-refractivity contribution in [2.24, 2.45) is 0 Å². The van der Waals surface area contributed by atoms with Gasteiger partial charge in [0.2, 0.25) is 0 Å². The van der Waals surface area contributed by atoms with E-state index in [0.29, 0.717) is 37.6 Å². The Kier molecular flexibility index (Phi) is 6.10. The molecule has 8 nitrogen and oxygen atoms in total. The van der Waals surface area contributed by atoms with Crippen molar-refractivity contribution in [1.82, 2.24) is 4.90 Å². The SMILES string of the molecule is COc1ccc([N+](=O)[O-])c(N2CCN(Cc3ccccc3)CC2CC(=O)O)c1. The highest BCUT2D eigenvalue weighted by Crippen LogP contribution is 2.35. The molecular weight excluding hydrogens is 362 g/mol. The maximum absolute atomic E-state index is 11.5. The van der Waals surface area contributed by atoms with Crippen LogP contribution in [-0.2, 0) is 11.3 Å². The zero-order valence-corrected chi connectivity index (χ0v) is 15.7. The summed E-state index contributed by atoms with van der Waals surface area (Å²) < 4.78 is 5.22. The standard InChI is InChI=1S/C20H23N3O5/c1-28-17-7-8-18(23(26)27)19(12-17)22-10-9-21(14-16(22)11-20(24)25)13-15-5-3-2-4-6-15/h2-8,12,16H,9-11,13-14H2,1H3,(H,24,25). The van der Waals surface area contributed by atoms with Gasteiger partial charge < -0.3 is 14.7 Å². The van der Waals surface area contributed by atoms with Crippen LogP contribution < -0.4 is 9.64 Å². The molecular formula is C20H23N3O5. The normalized spacial score (nSPS) is 17.3. The first-order chi connectivity index (χ1) is 13.5. The number of nitro benzene ring substituents is 1. The van der Waals surface area contributed by atoms with Crippen LogP contribution >= 0.6 is 0 Å². The van der Waals surface area contributed by atoms with E-state index in [1.807, 2.05) is 35.2 Å². The second kappa shape index (κ2) is 8.71. The molecule has 0 aliphatic carbocycles. The number of carboxylic acid groups (broad SMARTS) is 1. The van der Waals surface area contributed by atoms with Gasteiger partial charge in [0.25, 0.3) is 5.69 Å². The smallest absolute Gasteiger partial charge is 0.305 e. The third-order valence-electron chi connectivity index (χ3n) is 4.91. The highest BCUT2D eigenvalue weighted by atomic mass is 16.6. The fraction of sp³-hybridized carbons (Fsp3) is 0.350. The number of hydrogen-bond donors (Lipinski definition) is 1. The largest absolute Gasteiger partial charge is 0.497 e. The quantitative estimate of drug-likeness (QED) is 0.578. The number of nitrogens with zero attached hydrogens (tertiary/aromatic N) is 3. The molecule has 148 valence electrons. The van der Waals surface area contributed by atoms with Gasteiger partial charge in [-0.25, -0.2) is 0 Å². The Hall–Kier alpha value is -3.13. The summed E-state index contributed by atoms with van der Waals surface area (Å²) in [7, 11) is 1.50. The summed E-state index contributed by atoms with van der Waals surface area (Å²) in [6.45, 7) is 2.40. The first-order valence-electron chi connectivity index (χ1n) is 9.05. The minimum absolute atomic E-state index is 0.0484. The van der Waals surface area contributed by atoms with Crippen molar-refractivity contribution in [3.05, 3.63) is 64.2 Å². The maximum Gasteiger partial charge on any atom is 0.305 e. The lowest BCUT2D eigenvalue weighted by Gasteiger charge is -2.42. The van der Waals surface area contributed by atoms with Gasteiger partial charge in [-0.3, -0.25) is 19.8 Å². The van der Waals surface area contributed by atoms with Crippen LogP contribution in [-0.4, -0.2) is 53.7 Å². The summed E-state index contributed by atoms with van der Waals surface area (Å²) in [5.41, 5.74) is 1.50. The molecule has 1 saturated heterocycles. The Bertz CT molecular complexity index is 843. The Morgan fingerprint density at radius 2 is 2.00 bits per heavy atom. The van der Waals surface area contributed by atoms with Crippen molar-refractivity contribution >= 4 is 17.3 Å². The monoisotopic (exact) mass is 385 g/mol. The topological polar surface area (TPSA) is 96.2 Å². The molecule has 1 fully saturated rings. The minimum Gasteiger partial charge on any atom is -0.497 e. The zero-order chi connectivity index (χ0) is 20.1. The van der Waals surface area contributed by atoms with Gasteiger partial charge in [0.05, 0.1) is 24.5 Å². The Morgan fingerprint density at radius 1 is 1.25 bits per heavy atom. The van der Waals surface area contributed by atoms with Crippen molar-refractivity contribution in [3.8, 4) is 5.75 Å². The van der Waals surface area contributed by atoms with Crippen molar-refractivity contribution in [1.29, 1.82) is 0 Å². The first-order valence-corrected chi connectivity index (χ1v) is 9.05. The second-order valence-electron chi connectivity index (χ2n) is 6.78. The number of carbonyl (C=O) groups is 1. The Morgan fingerprint density at radius 3 is 2.64 bits per heavy atom. The number of piperazine rings is 1. The molecule has 2 aromatic rings. The molecule has 0 spiro atoms. The molecule has 1 heterocycles. The lowest BCUT2D eigenvalue weighted by molar-refractivity contribution is -0.384. The minimum atomic E-state index is -0.929. The molecule has 0 bridgehead atoms. The zero-order valence-electron chi connectivity index (χ0n) is 15.7. The van der Waals surface area contributed by atoms with Crippen molar-refractivity contribution in [3.63, 3.8) is 0 Å². The van der Waals surface area contributed by atoms with E-state index in [1.165, 1.54) is 13.2 Å². The average molecular weight is 385 g/mol. The fourth-order valence-corrected chi connectivity index (χ4v) is 3.61. The predicted molar refractivity (Wildman–Crippen MR) is 105 cm³/mol. The molecule has 0 saturated carbocycles. The molecule has 1 aliphatic rings. The summed E-state index contributed by atoms with van der Waals surface area (Å²) in [5.74, 6) is -0.427. The van der Waals surface area contributed by atoms with E-state index in [-0.39, 0.29) is 18.2 Å². The number of anilines is 1. The number of carboxylic acids is 1. The number of aliphatic carboxylic acids is 1. The highest BCUT2D eigenvalue weighted by Gasteiger charge is 2.32. The van der Waals surface area contributed by atoms with Gasteiger partial charge in [0.1, 0.15) is 11.4 Å². The van der Waals surface area contributed by atoms with Crippen LogP contribution in [0.2, 0.25) is 0 Å². The van der Waals surface area contributed by atoms with E-state index >= 15 is 0 Å². The van der Waals surface area contributed by atoms with Gasteiger partial charge >= 0.3 is 5.97 Å². The first kappa shape index (κ1) is 19.6. The van der Waals surface area contributed by atoms with Crippen LogP contribution in [0.3, 0.4) is 0 Å². The van der Waals surface area contributed by atoms with Crippen molar-refractivity contribution < 1.29 is 19.6 Å². The van der Waals surface area contributed by atoms with Gasteiger partial charge in [-0.05, 0) is 11.6 Å². The number of ether oxygens (including phenoxy) is 1. The molecule has 28 heavy (non-hydrogen) atoms. The lowest BCUT2D eigenvalue weighted by Crippen LogP contribution is -2.53. The van der Waals surface area contributed by atoms with Crippen molar-refractivity contribution in [2.45, 2.75) is 19.0 Å². The van der Waals surface area contributed by atoms with Crippen LogP contribution in [0, 0.1) is 10.1 Å². The molecule has 1 aliphatic heterocycles. The van der Waals surface area contributed by atoms with Crippen LogP contribution in [0.1, 0.15) is 12.0 Å². The average Bonchev–Trinajstić information content (AvgIpc) is 2.68. The molecule has 1 N–H and O–H groups in total. The third-order valence-corrected chi connectivity index (χ3v) is 4.91. The van der Waals surface area contributed by atoms with E-state index in [0.717, 1.165) is 5.56 Å². The maximum atomic E-state index is 11.5. The van der Waals surface area contributed by atoms with Crippen molar-refractivity contribution in [2.75, 3.05) is 31.6 Å². The second-order valence-corrected chi connectivity index (χ2v) is 6.78. The van der Waals surface area contributed by atoms with E-state index in [1.54, 1.807) is 12.1 Å². The Balaban J connectivity index is 1.86. The van der Waals surface area contributed by atoms with Gasteiger partial charge in [-0.2, -0.15) is 0 Å². The molecule has 0 radical (unpaired) electrons. The van der Waals surface area contributed by atoms with Crippen LogP contribution in [0.25, 0.3) is 0 Å². The van der Waals surface area contributed by atoms with Gasteiger partial charge in [-0.15, -0.1) is 0 Å². The number of rotatable bonds is 7. The van der Waals surface area contributed by atoms with Gasteiger partial charge in [0.15, 0.2) is 0 Å². The number of methoxy groups -OCH3 is 1. The van der Waals surface area contributed by atoms with E-state index in [9.17, 15) is 20.0 Å². The van der Waals surface area contributed by atoms with E-state index < -0.39 is 10.9 Å². The predicted octanol–water partition coefficient (Wildman–Crippen LogP) is 2.77. The third kappa shape index (κ3) is 4.58. The van der Waals surface area contributed by atoms with E-state index in [2.05, 4.69) is 4.90 Å². The molecule has 3 rings (SSSR count). The number of hydrogen-bond acceptors (Lipinski definition) is 6. The number of nitro groups is 1. The van der Waals surface area contributed by atoms with Crippen LogP contribution in [0.15, 0.2) is 48.5 Å². The van der Waals surface area contributed by atoms with Gasteiger partial charge in [0, 0.05) is 38.3 Å². The van der Waals surface area contributed by atoms with E-state index in [4.69, 9.17) is 4.74 Å². The summed E-state index contributed by atoms with van der Waals surface area (Å²) >= 11 is 0. The highest BCUT2D eigenvalue weighted by molar-refractivity contribution is 5.71. The summed E-state index contributed by atoms with van der Waals surface area (Å²) in [6, 6.07) is 14.1. The van der Waals surface area contributed by atoms with Gasteiger partial charge in [-0.1, -0.05) is 30.3 Å².